The highest BCUT2D eigenvalue weighted by molar-refractivity contribution is 7.92. The summed E-state index contributed by atoms with van der Waals surface area (Å²) in [4.78, 5) is 29.1. The van der Waals surface area contributed by atoms with Gasteiger partial charge in [0.15, 0.2) is 0 Å². The molecule has 8 nitrogen and oxygen atoms in total. The maximum absolute atomic E-state index is 13.9. The molecule has 0 bridgehead atoms. The first-order valence-electron chi connectivity index (χ1n) is 14.0. The molecular weight excluding hydrogens is 574 g/mol. The van der Waals surface area contributed by atoms with Crippen LogP contribution in [0.4, 0.5) is 5.69 Å². The summed E-state index contributed by atoms with van der Waals surface area (Å²) in [5, 5.41) is 3.63. The predicted octanol–water partition coefficient (Wildman–Crippen LogP) is 5.45. The van der Waals surface area contributed by atoms with Crippen molar-refractivity contribution in [3.63, 3.8) is 0 Å². The summed E-state index contributed by atoms with van der Waals surface area (Å²) in [6, 6.07) is 22.7. The first kappa shape index (κ1) is 32.9. The zero-order valence-corrected chi connectivity index (χ0v) is 26.2. The summed E-state index contributed by atoms with van der Waals surface area (Å²) in [5.74, 6) is 0.0522. The standard InChI is InChI=1S/C32H40ClN3O5S/c1-5-24(2)34-32(38)30(21-25-11-7-6-8-12-25)35(23-26-16-18-27(33)19-17-26)31(37)15-10-20-36(42(4,39)40)28-13-9-14-29(22-28)41-3/h6-9,11-14,16-19,22,24,30H,5,10,15,20-21,23H2,1-4H3,(H,34,38)/t24-,30+/m0/s1. The van der Waals surface area contributed by atoms with E-state index in [2.05, 4.69) is 5.32 Å². The average molecular weight is 614 g/mol. The van der Waals surface area contributed by atoms with Crippen molar-refractivity contribution in [2.45, 2.75) is 58.2 Å². The normalized spacial score (nSPS) is 12.7. The first-order chi connectivity index (χ1) is 20.0. The number of anilines is 1. The number of carbonyl (C=O) groups is 2. The van der Waals surface area contributed by atoms with E-state index in [9.17, 15) is 18.0 Å². The van der Waals surface area contributed by atoms with E-state index in [0.29, 0.717) is 22.9 Å². The lowest BCUT2D eigenvalue weighted by Gasteiger charge is -2.32. The Morgan fingerprint density at radius 2 is 1.67 bits per heavy atom. The quantitative estimate of drug-likeness (QED) is 0.246. The molecule has 0 aliphatic carbocycles. The largest absolute Gasteiger partial charge is 0.497 e. The van der Waals surface area contributed by atoms with E-state index in [1.165, 1.54) is 11.4 Å². The molecule has 0 spiro atoms. The van der Waals surface area contributed by atoms with Crippen molar-refractivity contribution < 1.29 is 22.7 Å². The molecule has 0 radical (unpaired) electrons. The monoisotopic (exact) mass is 613 g/mol. The highest BCUT2D eigenvalue weighted by Gasteiger charge is 2.31. The Morgan fingerprint density at radius 3 is 2.29 bits per heavy atom. The van der Waals surface area contributed by atoms with E-state index in [0.717, 1.165) is 23.8 Å². The third-order valence-electron chi connectivity index (χ3n) is 7.03. The molecule has 42 heavy (non-hydrogen) atoms. The summed E-state index contributed by atoms with van der Waals surface area (Å²) in [5.41, 5.74) is 2.21. The zero-order chi connectivity index (χ0) is 30.7. The second-order valence-electron chi connectivity index (χ2n) is 10.3. The van der Waals surface area contributed by atoms with Crippen LogP contribution in [0.5, 0.6) is 5.75 Å². The Kier molecular flexibility index (Phi) is 12.2. The van der Waals surface area contributed by atoms with Crippen molar-refractivity contribution >= 4 is 39.1 Å². The van der Waals surface area contributed by atoms with Crippen LogP contribution in [0.3, 0.4) is 0 Å². The molecule has 3 aromatic carbocycles. The van der Waals surface area contributed by atoms with Crippen molar-refractivity contribution in [3.05, 3.63) is 95.0 Å². The van der Waals surface area contributed by atoms with Gasteiger partial charge in [0.05, 0.1) is 19.1 Å². The van der Waals surface area contributed by atoms with Gasteiger partial charge in [-0.25, -0.2) is 8.42 Å². The summed E-state index contributed by atoms with van der Waals surface area (Å²) in [6.45, 7) is 4.22. The van der Waals surface area contributed by atoms with Crippen molar-refractivity contribution in [3.8, 4) is 5.75 Å². The SMILES string of the molecule is CC[C@H](C)NC(=O)[C@@H](Cc1ccccc1)N(Cc1ccc(Cl)cc1)C(=O)CCCN(c1cccc(OC)c1)S(C)(=O)=O. The number of nitrogens with zero attached hydrogens (tertiary/aromatic N) is 2. The molecule has 0 fully saturated rings. The number of hydrogen-bond acceptors (Lipinski definition) is 5. The number of rotatable bonds is 15. The van der Waals surface area contributed by atoms with E-state index in [-0.39, 0.29) is 43.8 Å². The predicted molar refractivity (Wildman–Crippen MR) is 168 cm³/mol. The highest BCUT2D eigenvalue weighted by Crippen LogP contribution is 2.24. The molecule has 0 aliphatic rings. The number of benzene rings is 3. The fourth-order valence-electron chi connectivity index (χ4n) is 4.55. The Morgan fingerprint density at radius 1 is 0.976 bits per heavy atom. The highest BCUT2D eigenvalue weighted by atomic mass is 35.5. The van der Waals surface area contributed by atoms with Gasteiger partial charge in [-0.05, 0) is 55.2 Å². The van der Waals surface area contributed by atoms with Gasteiger partial charge in [-0.3, -0.25) is 13.9 Å². The van der Waals surface area contributed by atoms with E-state index >= 15 is 0 Å². The lowest BCUT2D eigenvalue weighted by molar-refractivity contribution is -0.141. The molecular formula is C32H40ClN3O5S. The topological polar surface area (TPSA) is 96.0 Å². The average Bonchev–Trinajstić information content (AvgIpc) is 2.97. The molecule has 226 valence electrons. The molecule has 2 atom stereocenters. The number of sulfonamides is 1. The number of ether oxygens (including phenoxy) is 1. The van der Waals surface area contributed by atoms with Gasteiger partial charge in [0.25, 0.3) is 0 Å². The second-order valence-corrected chi connectivity index (χ2v) is 12.7. The molecule has 10 heteroatoms. The fraction of sp³-hybridized carbons (Fsp3) is 0.375. The summed E-state index contributed by atoms with van der Waals surface area (Å²) >= 11 is 6.10. The second kappa shape index (κ2) is 15.6. The van der Waals surface area contributed by atoms with E-state index < -0.39 is 16.1 Å². The lowest BCUT2D eigenvalue weighted by atomic mass is 10.0. The number of nitrogens with one attached hydrogen (secondary N) is 1. The molecule has 0 heterocycles. The number of methoxy groups -OCH3 is 1. The summed E-state index contributed by atoms with van der Waals surface area (Å²) in [7, 11) is -2.11. The molecule has 0 unspecified atom stereocenters. The first-order valence-corrected chi connectivity index (χ1v) is 16.2. The minimum absolute atomic E-state index is 0.0471. The van der Waals surface area contributed by atoms with Gasteiger partial charge < -0.3 is 15.0 Å². The minimum Gasteiger partial charge on any atom is -0.497 e. The number of halogens is 1. The molecule has 3 rings (SSSR count). The van der Waals surface area contributed by atoms with Gasteiger partial charge in [0.1, 0.15) is 11.8 Å². The number of carbonyl (C=O) groups excluding carboxylic acids is 2. The molecule has 0 saturated heterocycles. The van der Waals surface area contributed by atoms with Crippen molar-refractivity contribution in [1.82, 2.24) is 10.2 Å². The minimum atomic E-state index is -3.62. The van der Waals surface area contributed by atoms with Gasteiger partial charge in [-0.2, -0.15) is 0 Å². The maximum Gasteiger partial charge on any atom is 0.243 e. The fourth-order valence-corrected chi connectivity index (χ4v) is 5.63. The van der Waals surface area contributed by atoms with Crippen LogP contribution in [-0.2, 0) is 32.6 Å². The Balaban J connectivity index is 1.89. The number of amides is 2. The smallest absolute Gasteiger partial charge is 0.243 e. The van der Waals surface area contributed by atoms with Gasteiger partial charge in [-0.1, -0.05) is 67.1 Å². The Labute approximate surface area is 254 Å². The van der Waals surface area contributed by atoms with E-state index in [4.69, 9.17) is 16.3 Å². The molecule has 0 aromatic heterocycles. The van der Waals surface area contributed by atoms with Gasteiger partial charge in [0.2, 0.25) is 21.8 Å². The van der Waals surface area contributed by atoms with Gasteiger partial charge in [0, 0.05) is 43.1 Å². The van der Waals surface area contributed by atoms with Crippen LogP contribution in [-0.4, -0.2) is 57.1 Å². The molecule has 3 aromatic rings. The Hall–Kier alpha value is -3.56. The summed E-state index contributed by atoms with van der Waals surface area (Å²) < 4.78 is 31.9. The third kappa shape index (κ3) is 9.77. The molecule has 2 amide bonds. The van der Waals surface area contributed by atoms with Crippen LogP contribution < -0.4 is 14.4 Å². The lowest BCUT2D eigenvalue weighted by Crippen LogP contribution is -2.52. The van der Waals surface area contributed by atoms with Crippen LogP contribution in [0, 0.1) is 0 Å². The van der Waals surface area contributed by atoms with Crippen LogP contribution in [0.15, 0.2) is 78.9 Å². The molecule has 0 aliphatic heterocycles. The van der Waals surface area contributed by atoms with Gasteiger partial charge >= 0.3 is 0 Å². The van der Waals surface area contributed by atoms with Crippen LogP contribution in [0.25, 0.3) is 0 Å². The zero-order valence-electron chi connectivity index (χ0n) is 24.6. The van der Waals surface area contributed by atoms with Gasteiger partial charge in [-0.15, -0.1) is 0 Å². The van der Waals surface area contributed by atoms with Crippen LogP contribution >= 0.6 is 11.6 Å². The van der Waals surface area contributed by atoms with Crippen molar-refractivity contribution in [1.29, 1.82) is 0 Å². The van der Waals surface area contributed by atoms with Crippen LogP contribution in [0.2, 0.25) is 5.02 Å². The van der Waals surface area contributed by atoms with Crippen LogP contribution in [0.1, 0.15) is 44.2 Å². The molecule has 1 N–H and O–H groups in total. The van der Waals surface area contributed by atoms with E-state index in [1.807, 2.05) is 56.3 Å². The molecule has 0 saturated carbocycles. The summed E-state index contributed by atoms with van der Waals surface area (Å²) in [6.07, 6.45) is 2.52. The number of hydrogen-bond donors (Lipinski definition) is 1. The van der Waals surface area contributed by atoms with Crippen molar-refractivity contribution in [2.75, 3.05) is 24.2 Å². The third-order valence-corrected chi connectivity index (χ3v) is 8.48. The maximum atomic E-state index is 13.9. The Bertz CT molecular complexity index is 1420. The van der Waals surface area contributed by atoms with E-state index in [1.54, 1.807) is 41.3 Å². The van der Waals surface area contributed by atoms with Crippen molar-refractivity contribution in [2.24, 2.45) is 0 Å².